The number of nitrogens with zero attached hydrogens (tertiary/aromatic N) is 3. The monoisotopic (exact) mass is 573 g/mol. The number of rotatable bonds is 9. The summed E-state index contributed by atoms with van der Waals surface area (Å²) in [6, 6.07) is 32.1. The van der Waals surface area contributed by atoms with Crippen molar-refractivity contribution in [3.05, 3.63) is 126 Å². The molecule has 0 saturated heterocycles. The van der Waals surface area contributed by atoms with E-state index in [1.165, 1.54) is 0 Å². The summed E-state index contributed by atoms with van der Waals surface area (Å²) in [7, 11) is 3.18. The van der Waals surface area contributed by atoms with Gasteiger partial charge in [0, 0.05) is 16.9 Å². The smallest absolute Gasteiger partial charge is 0.255 e. The SMILES string of the molecule is COc1ccc(-c2nc3n(n2)C(c2ccc(OCc4ccccc4)cc2)C(C(=O)Nc2ccccc2)=C(C)N3)cc1OC. The molecule has 0 fully saturated rings. The van der Waals surface area contributed by atoms with Crippen LogP contribution in [0.4, 0.5) is 11.6 Å². The molecule has 9 nitrogen and oxygen atoms in total. The lowest BCUT2D eigenvalue weighted by atomic mass is 9.95. The maximum atomic E-state index is 13.8. The zero-order valence-corrected chi connectivity index (χ0v) is 24.1. The average Bonchev–Trinajstić information content (AvgIpc) is 3.47. The number of methoxy groups -OCH3 is 2. The number of hydrogen-bond acceptors (Lipinski definition) is 7. The molecule has 43 heavy (non-hydrogen) atoms. The van der Waals surface area contributed by atoms with E-state index in [2.05, 4.69) is 10.6 Å². The number of carbonyl (C=O) groups is 1. The fourth-order valence-electron chi connectivity index (χ4n) is 5.06. The second-order valence-corrected chi connectivity index (χ2v) is 10.0. The Morgan fingerprint density at radius 1 is 0.884 bits per heavy atom. The molecule has 1 aromatic heterocycles. The van der Waals surface area contributed by atoms with Gasteiger partial charge in [-0.3, -0.25) is 4.79 Å². The van der Waals surface area contributed by atoms with Gasteiger partial charge < -0.3 is 24.8 Å². The maximum absolute atomic E-state index is 13.8. The molecule has 0 spiro atoms. The van der Waals surface area contributed by atoms with Gasteiger partial charge in [-0.1, -0.05) is 60.7 Å². The zero-order valence-electron chi connectivity index (χ0n) is 24.1. The molecule has 2 heterocycles. The van der Waals surface area contributed by atoms with Crippen molar-refractivity contribution >= 4 is 17.5 Å². The van der Waals surface area contributed by atoms with Crippen molar-refractivity contribution in [2.75, 3.05) is 24.9 Å². The topological polar surface area (TPSA) is 99.5 Å². The van der Waals surface area contributed by atoms with Gasteiger partial charge in [-0.25, -0.2) is 4.68 Å². The lowest BCUT2D eigenvalue weighted by molar-refractivity contribution is -0.113. The first-order chi connectivity index (χ1) is 21.0. The minimum absolute atomic E-state index is 0.237. The van der Waals surface area contributed by atoms with E-state index >= 15 is 0 Å². The van der Waals surface area contributed by atoms with Crippen molar-refractivity contribution in [1.29, 1.82) is 0 Å². The van der Waals surface area contributed by atoms with Crippen LogP contribution in [0.2, 0.25) is 0 Å². The molecule has 6 rings (SSSR count). The van der Waals surface area contributed by atoms with Crippen LogP contribution in [-0.4, -0.2) is 34.9 Å². The first-order valence-corrected chi connectivity index (χ1v) is 13.8. The van der Waals surface area contributed by atoms with Crippen molar-refractivity contribution in [2.24, 2.45) is 0 Å². The number of hydrogen-bond donors (Lipinski definition) is 2. The van der Waals surface area contributed by atoms with Gasteiger partial charge in [0.2, 0.25) is 5.95 Å². The Morgan fingerprint density at radius 2 is 1.58 bits per heavy atom. The second-order valence-electron chi connectivity index (χ2n) is 10.0. The van der Waals surface area contributed by atoms with Crippen LogP contribution in [0.25, 0.3) is 11.4 Å². The molecule has 1 unspecified atom stereocenters. The molecule has 1 amide bonds. The van der Waals surface area contributed by atoms with Crippen molar-refractivity contribution in [3.63, 3.8) is 0 Å². The van der Waals surface area contributed by atoms with Gasteiger partial charge in [-0.15, -0.1) is 5.10 Å². The summed E-state index contributed by atoms with van der Waals surface area (Å²) < 4.78 is 18.7. The number of fused-ring (bicyclic) bond motifs is 1. The number of allylic oxidation sites excluding steroid dienone is 1. The Labute approximate surface area is 249 Å². The first-order valence-electron chi connectivity index (χ1n) is 13.8. The van der Waals surface area contributed by atoms with Crippen molar-refractivity contribution in [2.45, 2.75) is 19.6 Å². The van der Waals surface area contributed by atoms with Crippen LogP contribution in [0.1, 0.15) is 24.1 Å². The molecular weight excluding hydrogens is 542 g/mol. The van der Waals surface area contributed by atoms with Crippen molar-refractivity contribution in [1.82, 2.24) is 14.8 Å². The highest BCUT2D eigenvalue weighted by atomic mass is 16.5. The van der Waals surface area contributed by atoms with Crippen LogP contribution < -0.4 is 24.8 Å². The number of ether oxygens (including phenoxy) is 3. The zero-order chi connectivity index (χ0) is 29.8. The molecule has 1 aliphatic rings. The molecular formula is C34H31N5O4. The minimum Gasteiger partial charge on any atom is -0.493 e. The first kappa shape index (κ1) is 27.6. The molecule has 216 valence electrons. The van der Waals surface area contributed by atoms with Gasteiger partial charge in [-0.2, -0.15) is 4.98 Å². The second kappa shape index (κ2) is 12.1. The third kappa shape index (κ3) is 5.78. The van der Waals surface area contributed by atoms with E-state index in [1.807, 2.05) is 110 Å². The van der Waals surface area contributed by atoms with E-state index in [4.69, 9.17) is 24.3 Å². The largest absolute Gasteiger partial charge is 0.493 e. The van der Waals surface area contributed by atoms with E-state index in [1.54, 1.807) is 18.9 Å². The molecule has 0 saturated carbocycles. The highest BCUT2D eigenvalue weighted by Crippen LogP contribution is 2.38. The molecule has 0 radical (unpaired) electrons. The molecule has 5 aromatic rings. The lowest BCUT2D eigenvalue weighted by Crippen LogP contribution is -2.31. The molecule has 1 aliphatic heterocycles. The highest BCUT2D eigenvalue weighted by Gasteiger charge is 2.34. The summed E-state index contributed by atoms with van der Waals surface area (Å²) in [4.78, 5) is 18.6. The number of amides is 1. The molecule has 0 aliphatic carbocycles. The summed E-state index contributed by atoms with van der Waals surface area (Å²) in [5.41, 5.74) is 4.60. The van der Waals surface area contributed by atoms with Crippen LogP contribution in [0.15, 0.2) is 114 Å². The fourth-order valence-corrected chi connectivity index (χ4v) is 5.06. The van der Waals surface area contributed by atoms with Crippen LogP contribution in [0, 0.1) is 0 Å². The number of carbonyl (C=O) groups excluding carboxylic acids is 1. The lowest BCUT2D eigenvalue weighted by Gasteiger charge is -2.28. The van der Waals surface area contributed by atoms with E-state index in [0.717, 1.165) is 22.4 Å². The number of para-hydroxylation sites is 1. The Hall–Kier alpha value is -5.57. The Balaban J connectivity index is 1.36. The fraction of sp³-hybridized carbons (Fsp3) is 0.147. The van der Waals surface area contributed by atoms with Crippen LogP contribution >= 0.6 is 0 Å². The van der Waals surface area contributed by atoms with Gasteiger partial charge in [0.25, 0.3) is 5.91 Å². The third-order valence-corrected chi connectivity index (χ3v) is 7.21. The van der Waals surface area contributed by atoms with E-state index in [9.17, 15) is 4.79 Å². The summed E-state index contributed by atoms with van der Waals surface area (Å²) in [6.45, 7) is 2.33. The summed E-state index contributed by atoms with van der Waals surface area (Å²) >= 11 is 0. The number of benzene rings is 4. The van der Waals surface area contributed by atoms with Gasteiger partial charge in [-0.05, 0) is 60.5 Å². The predicted molar refractivity (Wildman–Crippen MR) is 165 cm³/mol. The molecule has 0 bridgehead atoms. The van der Waals surface area contributed by atoms with Gasteiger partial charge in [0.05, 0.1) is 19.8 Å². The minimum atomic E-state index is -0.551. The standard InChI is InChI=1S/C34H31N5O4/c1-22-30(33(40)36-26-12-8-5-9-13-26)31(24-14-17-27(18-15-24)43-21-23-10-6-4-7-11-23)39-34(35-22)37-32(38-39)25-16-19-28(41-2)29(20-25)42-3/h4-20,31H,21H2,1-3H3,(H,36,40)(H,35,37,38). The maximum Gasteiger partial charge on any atom is 0.255 e. The van der Waals surface area contributed by atoms with Crippen molar-refractivity contribution < 1.29 is 19.0 Å². The van der Waals surface area contributed by atoms with E-state index in [-0.39, 0.29) is 5.91 Å². The number of aromatic nitrogens is 3. The van der Waals surface area contributed by atoms with E-state index in [0.29, 0.717) is 46.8 Å². The third-order valence-electron chi connectivity index (χ3n) is 7.21. The van der Waals surface area contributed by atoms with Crippen LogP contribution in [0.5, 0.6) is 17.2 Å². The summed E-state index contributed by atoms with van der Waals surface area (Å²) in [6.07, 6.45) is 0. The van der Waals surface area contributed by atoms with Gasteiger partial charge in [0.15, 0.2) is 17.3 Å². The van der Waals surface area contributed by atoms with Gasteiger partial charge >= 0.3 is 0 Å². The average molecular weight is 574 g/mol. The normalized spacial score (nSPS) is 14.0. The predicted octanol–water partition coefficient (Wildman–Crippen LogP) is 6.47. The highest BCUT2D eigenvalue weighted by molar-refractivity contribution is 6.06. The number of anilines is 2. The molecule has 4 aromatic carbocycles. The summed E-state index contributed by atoms with van der Waals surface area (Å²) in [5.74, 6) is 2.67. The summed E-state index contributed by atoms with van der Waals surface area (Å²) in [5, 5.41) is 11.2. The Morgan fingerprint density at radius 3 is 2.28 bits per heavy atom. The van der Waals surface area contributed by atoms with Crippen LogP contribution in [-0.2, 0) is 11.4 Å². The Kier molecular flexibility index (Phi) is 7.78. The molecule has 9 heteroatoms. The van der Waals surface area contributed by atoms with Gasteiger partial charge in [0.1, 0.15) is 18.4 Å². The quantitative estimate of drug-likeness (QED) is 0.209. The van der Waals surface area contributed by atoms with Crippen molar-refractivity contribution in [3.8, 4) is 28.6 Å². The molecule has 2 N–H and O–H groups in total. The van der Waals surface area contributed by atoms with Crippen LogP contribution in [0.3, 0.4) is 0 Å². The molecule has 1 atom stereocenters. The van der Waals surface area contributed by atoms with E-state index < -0.39 is 6.04 Å². The Bertz CT molecular complexity index is 1770. The number of nitrogens with one attached hydrogen (secondary N) is 2.